The van der Waals surface area contributed by atoms with E-state index < -0.39 is 27.4 Å². The minimum atomic E-state index is -0.790. The first kappa shape index (κ1) is 23.8. The lowest BCUT2D eigenvalue weighted by atomic mass is 9.98. The zero-order valence-corrected chi connectivity index (χ0v) is 23.3. The average molecular weight is 505 g/mol. The third-order valence-electron chi connectivity index (χ3n) is 7.62. The van der Waals surface area contributed by atoms with E-state index in [-0.39, 0.29) is 10.7 Å². The Morgan fingerprint density at radius 3 is 1.51 bits per heavy atom. The highest BCUT2D eigenvalue weighted by Gasteiger charge is 2.71. The van der Waals surface area contributed by atoms with Crippen LogP contribution >= 0.6 is 15.8 Å². The zero-order chi connectivity index (χ0) is 24.6. The number of aryl methyl sites for hydroxylation is 2. The molecule has 5 heteroatoms. The number of hydrogen-bond acceptors (Lipinski definition) is 3. The summed E-state index contributed by atoms with van der Waals surface area (Å²) in [5.41, 5.74) is 2.68. The molecule has 0 aromatic heterocycles. The first-order valence-corrected chi connectivity index (χ1v) is 15.1. The van der Waals surface area contributed by atoms with Gasteiger partial charge in [0, 0.05) is 12.8 Å². The molecular weight excluding hydrogens is 470 g/mol. The van der Waals surface area contributed by atoms with Crippen LogP contribution in [0.1, 0.15) is 51.7 Å². The second kappa shape index (κ2) is 7.95. The largest absolute Gasteiger partial charge is 0.339 e. The van der Waals surface area contributed by atoms with Crippen molar-refractivity contribution in [3.05, 3.63) is 83.9 Å². The molecule has 4 aliphatic heterocycles. The SMILES string of the molecule is Cc1ccccc1P(c1ccccc1C)c1ccccc1P1C2(C)CC3(C)OC(C)(CC1(C)O3)O2. The topological polar surface area (TPSA) is 27.7 Å². The predicted molar refractivity (Wildman–Crippen MR) is 147 cm³/mol. The number of benzene rings is 3. The maximum atomic E-state index is 6.82. The molecule has 3 nitrogen and oxygen atoms in total. The van der Waals surface area contributed by atoms with Crippen LogP contribution < -0.4 is 21.2 Å². The maximum absolute atomic E-state index is 6.82. The summed E-state index contributed by atoms with van der Waals surface area (Å²) in [6, 6.07) is 26.9. The number of hydrogen-bond donors (Lipinski definition) is 0. The summed E-state index contributed by atoms with van der Waals surface area (Å²) in [5.74, 6) is -1.20. The van der Waals surface area contributed by atoms with Gasteiger partial charge in [0.05, 0.1) is 10.7 Å². The Morgan fingerprint density at radius 2 is 1.03 bits per heavy atom. The van der Waals surface area contributed by atoms with Crippen molar-refractivity contribution >= 4 is 37.1 Å². The van der Waals surface area contributed by atoms with E-state index in [1.807, 2.05) is 0 Å². The van der Waals surface area contributed by atoms with Gasteiger partial charge >= 0.3 is 0 Å². The van der Waals surface area contributed by atoms with E-state index in [1.54, 1.807) is 0 Å². The smallest absolute Gasteiger partial charge is 0.173 e. The Balaban J connectivity index is 1.58. The first-order chi connectivity index (χ1) is 16.6. The molecule has 4 unspecified atom stereocenters. The minimum absolute atomic E-state index is 0.309. The molecule has 4 heterocycles. The van der Waals surface area contributed by atoms with Gasteiger partial charge < -0.3 is 14.2 Å². The van der Waals surface area contributed by atoms with Gasteiger partial charge in [0.1, 0.15) is 0 Å². The molecule has 3 aromatic carbocycles. The standard InChI is InChI=1S/C30H34O3P2/c1-21-13-7-9-15-23(21)34(24-16-10-8-14-22(24)2)25-17-11-12-18-26(25)35-29(5)19-27(3)31-28(4,33-29)20-30(35,6)32-27/h7-18H,19-20H2,1-6H3. The second-order valence-electron chi connectivity index (χ2n) is 11.0. The summed E-state index contributed by atoms with van der Waals surface area (Å²) in [6.45, 7) is 13.3. The fourth-order valence-corrected chi connectivity index (χ4v) is 14.2. The van der Waals surface area contributed by atoms with Crippen molar-refractivity contribution in [2.75, 3.05) is 0 Å². The molecule has 4 fully saturated rings. The van der Waals surface area contributed by atoms with E-state index in [2.05, 4.69) is 114 Å². The Morgan fingerprint density at radius 1 is 0.600 bits per heavy atom. The van der Waals surface area contributed by atoms with E-state index in [1.165, 1.54) is 32.3 Å². The maximum Gasteiger partial charge on any atom is 0.173 e. The molecular formula is C30H34O3P2. The fourth-order valence-electron chi connectivity index (χ4n) is 6.96. The van der Waals surface area contributed by atoms with Crippen molar-refractivity contribution < 1.29 is 14.2 Å². The van der Waals surface area contributed by atoms with E-state index in [0.717, 1.165) is 12.8 Å². The third-order valence-corrected chi connectivity index (χ3v) is 13.9. The summed E-state index contributed by atoms with van der Waals surface area (Å²) in [4.78, 5) is 0. The highest BCUT2D eigenvalue weighted by molar-refractivity contribution is 7.82. The van der Waals surface area contributed by atoms with Crippen molar-refractivity contribution in [2.24, 2.45) is 0 Å². The van der Waals surface area contributed by atoms with Crippen LogP contribution in [-0.2, 0) is 14.2 Å². The molecule has 0 aliphatic carbocycles. The molecule has 0 radical (unpaired) electrons. The number of rotatable bonds is 4. The van der Waals surface area contributed by atoms with E-state index in [9.17, 15) is 0 Å². The molecule has 182 valence electrons. The predicted octanol–water partition coefficient (Wildman–Crippen LogP) is 5.90. The summed E-state index contributed by atoms with van der Waals surface area (Å²) >= 11 is 0. The van der Waals surface area contributed by atoms with Crippen molar-refractivity contribution in [1.29, 1.82) is 0 Å². The number of ether oxygens (including phenoxy) is 3. The Hall–Kier alpha value is -1.60. The van der Waals surface area contributed by atoms with Gasteiger partial charge in [-0.2, -0.15) is 0 Å². The van der Waals surface area contributed by atoms with Gasteiger partial charge in [-0.25, -0.2) is 0 Å². The highest BCUT2D eigenvalue weighted by Crippen LogP contribution is 2.75. The van der Waals surface area contributed by atoms with Crippen molar-refractivity contribution in [3.8, 4) is 0 Å². The van der Waals surface area contributed by atoms with E-state index in [0.29, 0.717) is 0 Å². The molecule has 35 heavy (non-hydrogen) atoms. The molecule has 4 bridgehead atoms. The zero-order valence-electron chi connectivity index (χ0n) is 21.5. The lowest BCUT2D eigenvalue weighted by Crippen LogP contribution is -2.72. The van der Waals surface area contributed by atoms with Gasteiger partial charge in [0.15, 0.2) is 11.6 Å². The molecule has 4 saturated heterocycles. The molecule has 0 spiro atoms. The summed E-state index contributed by atoms with van der Waals surface area (Å²) in [7, 11) is -1.54. The lowest BCUT2D eigenvalue weighted by Gasteiger charge is -2.69. The lowest BCUT2D eigenvalue weighted by molar-refractivity contribution is -0.467. The molecule has 3 aromatic rings. The molecule has 4 atom stereocenters. The van der Waals surface area contributed by atoms with Crippen LogP contribution in [-0.4, -0.2) is 22.3 Å². The van der Waals surface area contributed by atoms with E-state index in [4.69, 9.17) is 14.2 Å². The Kier molecular flexibility index (Phi) is 5.40. The fraction of sp³-hybridized carbons (Fsp3) is 0.400. The van der Waals surface area contributed by atoms with Gasteiger partial charge in [0.25, 0.3) is 0 Å². The Labute approximate surface area is 211 Å². The molecule has 7 rings (SSSR count). The van der Waals surface area contributed by atoms with Crippen molar-refractivity contribution in [3.63, 3.8) is 0 Å². The van der Waals surface area contributed by atoms with Crippen LogP contribution in [0.4, 0.5) is 0 Å². The molecule has 0 amide bonds. The van der Waals surface area contributed by atoms with Gasteiger partial charge in [-0.15, -0.1) is 0 Å². The summed E-state index contributed by atoms with van der Waals surface area (Å²) < 4.78 is 20.0. The monoisotopic (exact) mass is 504 g/mol. The normalized spacial score (nSPS) is 35.6. The summed E-state index contributed by atoms with van der Waals surface area (Å²) in [5, 5.41) is 5.06. The van der Waals surface area contributed by atoms with Crippen LogP contribution in [0.2, 0.25) is 0 Å². The molecule has 0 N–H and O–H groups in total. The molecule has 4 aliphatic rings. The van der Waals surface area contributed by atoms with Crippen LogP contribution in [0.25, 0.3) is 0 Å². The molecule has 0 saturated carbocycles. The van der Waals surface area contributed by atoms with Crippen molar-refractivity contribution in [1.82, 2.24) is 0 Å². The minimum Gasteiger partial charge on any atom is -0.339 e. The van der Waals surface area contributed by atoms with Crippen LogP contribution in [0.3, 0.4) is 0 Å². The van der Waals surface area contributed by atoms with Crippen LogP contribution in [0.5, 0.6) is 0 Å². The first-order valence-electron chi connectivity index (χ1n) is 12.5. The summed E-state index contributed by atoms with van der Waals surface area (Å²) in [6.07, 6.45) is 1.50. The highest BCUT2D eigenvalue weighted by atomic mass is 31.1. The van der Waals surface area contributed by atoms with Crippen molar-refractivity contribution in [2.45, 2.75) is 76.6 Å². The van der Waals surface area contributed by atoms with E-state index >= 15 is 0 Å². The van der Waals surface area contributed by atoms with Gasteiger partial charge in [0.2, 0.25) is 0 Å². The third kappa shape index (κ3) is 3.75. The van der Waals surface area contributed by atoms with Crippen LogP contribution in [0.15, 0.2) is 72.8 Å². The Bertz CT molecular complexity index is 1210. The van der Waals surface area contributed by atoms with Gasteiger partial charge in [-0.3, -0.25) is 0 Å². The second-order valence-corrected chi connectivity index (χ2v) is 16.2. The van der Waals surface area contributed by atoms with Gasteiger partial charge in [-0.05, 0) is 89.7 Å². The van der Waals surface area contributed by atoms with Crippen LogP contribution in [0, 0.1) is 13.8 Å². The quantitative estimate of drug-likeness (QED) is 0.414. The average Bonchev–Trinajstić information content (AvgIpc) is 2.74. The van der Waals surface area contributed by atoms with Gasteiger partial charge in [-0.1, -0.05) is 72.8 Å².